The third-order valence-electron chi connectivity index (χ3n) is 5.50. The maximum absolute atomic E-state index is 14.6. The van der Waals surface area contributed by atoms with Crippen molar-refractivity contribution in [1.29, 1.82) is 0 Å². The summed E-state index contributed by atoms with van der Waals surface area (Å²) in [4.78, 5) is 37.5. The van der Waals surface area contributed by atoms with Crippen molar-refractivity contribution in [1.82, 2.24) is 25.6 Å². The molecule has 3 heterocycles. The summed E-state index contributed by atoms with van der Waals surface area (Å²) in [5.41, 5.74) is -2.59. The molecule has 2 aromatic heterocycles. The van der Waals surface area contributed by atoms with Gasteiger partial charge in [-0.25, -0.2) is 24.9 Å². The number of anilines is 2. The third-order valence-corrected chi connectivity index (χ3v) is 5.50. The molecule has 0 saturated carbocycles. The van der Waals surface area contributed by atoms with Crippen molar-refractivity contribution < 1.29 is 40.4 Å². The van der Waals surface area contributed by atoms with Crippen LogP contribution in [0.2, 0.25) is 0 Å². The van der Waals surface area contributed by atoms with Crippen molar-refractivity contribution in [2.24, 2.45) is 5.92 Å². The van der Waals surface area contributed by atoms with Gasteiger partial charge in [-0.3, -0.25) is 14.4 Å². The maximum Gasteiger partial charge on any atom is 0.423 e. The minimum absolute atomic E-state index is 0.0559. The van der Waals surface area contributed by atoms with Gasteiger partial charge < -0.3 is 10.2 Å². The molecular weight excluding hydrogens is 519 g/mol. The Balaban J connectivity index is 1.44. The molecule has 0 aromatic carbocycles. The van der Waals surface area contributed by atoms with Gasteiger partial charge in [0.25, 0.3) is 11.5 Å². The zero-order valence-electron chi connectivity index (χ0n) is 19.2. The Morgan fingerprint density at radius 2 is 1.76 bits per heavy atom. The molecule has 1 aliphatic heterocycles. The average Bonchev–Trinajstić information content (AvgIpc) is 2.82. The number of aromatic amines is 1. The highest BCUT2D eigenvalue weighted by molar-refractivity contribution is 5.80. The molecule has 0 aliphatic carbocycles. The maximum atomic E-state index is 14.6. The number of rotatable bonds is 8. The Hall–Kier alpha value is -3.50. The number of halogens is 7. The van der Waals surface area contributed by atoms with Gasteiger partial charge >= 0.3 is 12.4 Å². The Bertz CT molecular complexity index is 1120. The normalized spacial score (nSPS) is 16.8. The number of hydroxylamine groups is 1. The van der Waals surface area contributed by atoms with E-state index in [1.54, 1.807) is 10.00 Å². The lowest BCUT2D eigenvalue weighted by molar-refractivity contribution is -0.141. The number of hydrogen-bond donors (Lipinski definition) is 3. The van der Waals surface area contributed by atoms with Crippen molar-refractivity contribution in [3.8, 4) is 0 Å². The lowest BCUT2D eigenvalue weighted by atomic mass is 9.92. The van der Waals surface area contributed by atoms with E-state index in [1.807, 2.05) is 5.48 Å². The summed E-state index contributed by atoms with van der Waals surface area (Å²) in [6, 6.07) is -0.838. The lowest BCUT2D eigenvalue weighted by Gasteiger charge is -2.33. The standard InChI is InChI=1S/C20H22F7N7O3/c1-10(31-13-8-30-32-16(35)14(13)20(25,26)27)9-37-33-17(36)15(21)11-2-4-34(5-3-11)18-28-6-12(7-29-18)19(22,23)24/h6-8,10-11,15H,2-5,9H2,1H3,(H,33,36)(H2,31,32,35)/t10-,15?/m0/s1. The predicted octanol–water partition coefficient (Wildman–Crippen LogP) is 2.70. The monoisotopic (exact) mass is 541 g/mol. The summed E-state index contributed by atoms with van der Waals surface area (Å²) in [6.07, 6.45) is -9.01. The van der Waals surface area contributed by atoms with Crippen molar-refractivity contribution in [2.45, 2.75) is 44.3 Å². The van der Waals surface area contributed by atoms with Crippen molar-refractivity contribution >= 4 is 17.5 Å². The fourth-order valence-corrected chi connectivity index (χ4v) is 3.63. The predicted molar refractivity (Wildman–Crippen MR) is 114 cm³/mol. The van der Waals surface area contributed by atoms with Gasteiger partial charge in [0.15, 0.2) is 6.17 Å². The highest BCUT2D eigenvalue weighted by Gasteiger charge is 2.38. The topological polar surface area (TPSA) is 125 Å². The van der Waals surface area contributed by atoms with Crippen LogP contribution < -0.4 is 21.3 Å². The minimum Gasteiger partial charge on any atom is -0.378 e. The summed E-state index contributed by atoms with van der Waals surface area (Å²) in [6.45, 7) is 1.44. The fourth-order valence-electron chi connectivity index (χ4n) is 3.63. The fraction of sp³-hybridized carbons (Fsp3) is 0.550. The molecular formula is C20H22F7N7O3. The van der Waals surface area contributed by atoms with Crippen molar-refractivity contribution in [3.05, 3.63) is 40.1 Å². The number of hydrogen-bond acceptors (Lipinski definition) is 8. The highest BCUT2D eigenvalue weighted by Crippen LogP contribution is 2.32. The number of amides is 1. The smallest absolute Gasteiger partial charge is 0.378 e. The Morgan fingerprint density at radius 1 is 1.14 bits per heavy atom. The van der Waals surface area contributed by atoms with Crippen LogP contribution in [0.3, 0.4) is 0 Å². The van der Waals surface area contributed by atoms with Crippen LogP contribution in [0.25, 0.3) is 0 Å². The van der Waals surface area contributed by atoms with Gasteiger partial charge in [-0.1, -0.05) is 0 Å². The largest absolute Gasteiger partial charge is 0.423 e. The second kappa shape index (κ2) is 11.3. The molecule has 2 atom stereocenters. The molecule has 2 aromatic rings. The molecule has 10 nitrogen and oxygen atoms in total. The molecule has 3 N–H and O–H groups in total. The van der Waals surface area contributed by atoms with Crippen LogP contribution >= 0.6 is 0 Å². The van der Waals surface area contributed by atoms with Crippen molar-refractivity contribution in [2.75, 3.05) is 29.9 Å². The zero-order valence-corrected chi connectivity index (χ0v) is 19.2. The molecule has 1 aliphatic rings. The van der Waals surface area contributed by atoms with E-state index >= 15 is 0 Å². The zero-order chi connectivity index (χ0) is 27.4. The molecule has 0 spiro atoms. The lowest BCUT2D eigenvalue weighted by Crippen LogP contribution is -2.43. The SMILES string of the molecule is C[C@@H](CONC(=O)C(F)C1CCN(c2ncc(C(F)(F)F)cn2)CC1)Nc1cn[nH]c(=O)c1C(F)(F)F. The van der Waals surface area contributed by atoms with Crippen LogP contribution in [0.15, 0.2) is 23.4 Å². The summed E-state index contributed by atoms with van der Waals surface area (Å²) in [5, 5.41) is 7.42. The second-order valence-electron chi connectivity index (χ2n) is 8.30. The number of piperidine rings is 1. The molecule has 1 unspecified atom stereocenters. The number of carbonyl (C=O) groups is 1. The first-order chi connectivity index (χ1) is 17.3. The van der Waals surface area contributed by atoms with Crippen LogP contribution in [0.1, 0.15) is 30.9 Å². The highest BCUT2D eigenvalue weighted by atomic mass is 19.4. The summed E-state index contributed by atoms with van der Waals surface area (Å²) in [7, 11) is 0. The molecule has 0 radical (unpaired) electrons. The minimum atomic E-state index is -4.94. The molecule has 1 fully saturated rings. The van der Waals surface area contributed by atoms with Crippen LogP contribution in [0.4, 0.5) is 42.4 Å². The van der Waals surface area contributed by atoms with E-state index in [9.17, 15) is 40.3 Å². The number of nitrogens with zero attached hydrogens (tertiary/aromatic N) is 4. The van der Waals surface area contributed by atoms with E-state index in [-0.39, 0.29) is 38.5 Å². The Kier molecular flexibility index (Phi) is 8.55. The molecule has 1 saturated heterocycles. The Morgan fingerprint density at radius 3 is 2.32 bits per heavy atom. The van der Waals surface area contributed by atoms with Crippen LogP contribution in [0.5, 0.6) is 0 Å². The third kappa shape index (κ3) is 7.27. The number of carbonyl (C=O) groups excluding carboxylic acids is 1. The van der Waals surface area contributed by atoms with Gasteiger partial charge in [-0.05, 0) is 19.8 Å². The van der Waals surface area contributed by atoms with Gasteiger partial charge in [-0.15, -0.1) is 0 Å². The molecule has 17 heteroatoms. The summed E-state index contributed by atoms with van der Waals surface area (Å²) < 4.78 is 91.8. The molecule has 1 amide bonds. The Labute approximate surface area is 204 Å². The van der Waals surface area contributed by atoms with Gasteiger partial charge in [0, 0.05) is 37.4 Å². The quantitative estimate of drug-likeness (QED) is 0.344. The number of nitrogens with one attached hydrogen (secondary N) is 3. The van der Waals surface area contributed by atoms with Gasteiger partial charge in [0.2, 0.25) is 5.95 Å². The van der Waals surface area contributed by atoms with E-state index in [0.717, 1.165) is 6.20 Å². The summed E-state index contributed by atoms with van der Waals surface area (Å²) >= 11 is 0. The second-order valence-corrected chi connectivity index (χ2v) is 8.30. The number of alkyl halides is 7. The van der Waals surface area contributed by atoms with E-state index < -0.39 is 58.8 Å². The average molecular weight is 541 g/mol. The van der Waals surface area contributed by atoms with Crippen LogP contribution in [0, 0.1) is 5.92 Å². The molecule has 37 heavy (non-hydrogen) atoms. The molecule has 3 rings (SSSR count). The van der Waals surface area contributed by atoms with Crippen LogP contribution in [-0.2, 0) is 22.0 Å². The first kappa shape index (κ1) is 28.1. The first-order valence-corrected chi connectivity index (χ1v) is 10.9. The van der Waals surface area contributed by atoms with Crippen LogP contribution in [-0.4, -0.2) is 58.0 Å². The number of H-pyrrole nitrogens is 1. The van der Waals surface area contributed by atoms with E-state index in [0.29, 0.717) is 12.4 Å². The van der Waals surface area contributed by atoms with Gasteiger partial charge in [0.1, 0.15) is 5.56 Å². The van der Waals surface area contributed by atoms with E-state index in [4.69, 9.17) is 4.84 Å². The van der Waals surface area contributed by atoms with E-state index in [1.165, 1.54) is 6.92 Å². The van der Waals surface area contributed by atoms with Gasteiger partial charge in [-0.2, -0.15) is 31.4 Å². The first-order valence-electron chi connectivity index (χ1n) is 10.9. The molecule has 204 valence electrons. The number of aromatic nitrogens is 4. The van der Waals surface area contributed by atoms with Crippen molar-refractivity contribution in [3.63, 3.8) is 0 Å². The summed E-state index contributed by atoms with van der Waals surface area (Å²) in [5.74, 6) is -1.74. The van der Waals surface area contributed by atoms with E-state index in [2.05, 4.69) is 20.4 Å². The van der Waals surface area contributed by atoms with Gasteiger partial charge in [0.05, 0.1) is 24.1 Å². The molecule has 0 bridgehead atoms.